The molecule has 0 heterocycles. The molecule has 18 heavy (non-hydrogen) atoms. The summed E-state index contributed by atoms with van der Waals surface area (Å²) in [5.41, 5.74) is 8.12. The van der Waals surface area contributed by atoms with Gasteiger partial charge in [0.25, 0.3) is 5.91 Å². The highest BCUT2D eigenvalue weighted by Crippen LogP contribution is 2.26. The second-order valence-electron chi connectivity index (χ2n) is 4.91. The molecule has 1 saturated carbocycles. The molecule has 1 aliphatic carbocycles. The van der Waals surface area contributed by atoms with Crippen LogP contribution in [0.15, 0.2) is 18.2 Å². The number of nitrogen functional groups attached to an aromatic ring is 1. The van der Waals surface area contributed by atoms with Gasteiger partial charge in [-0.05, 0) is 37.0 Å². The summed E-state index contributed by atoms with van der Waals surface area (Å²) in [6.45, 7) is 0.946. The monoisotopic (exact) mass is 247 g/mol. The molecule has 1 aromatic rings. The van der Waals surface area contributed by atoms with Crippen LogP contribution < -0.4 is 16.4 Å². The molecule has 1 amide bonds. The van der Waals surface area contributed by atoms with Gasteiger partial charge in [-0.2, -0.15) is 0 Å². The summed E-state index contributed by atoms with van der Waals surface area (Å²) in [7, 11) is 1.63. The third kappa shape index (κ3) is 2.94. The lowest BCUT2D eigenvalue weighted by molar-refractivity contribution is 0.0963. The Kier molecular flexibility index (Phi) is 4.07. The van der Waals surface area contributed by atoms with Crippen molar-refractivity contribution in [2.24, 2.45) is 5.92 Å². The van der Waals surface area contributed by atoms with Gasteiger partial charge in [0.15, 0.2) is 0 Å². The normalized spacial score (nSPS) is 15.6. The van der Waals surface area contributed by atoms with E-state index in [0.717, 1.165) is 18.2 Å². The van der Waals surface area contributed by atoms with Crippen molar-refractivity contribution < 1.29 is 4.79 Å². The summed E-state index contributed by atoms with van der Waals surface area (Å²) in [5.74, 6) is 0.659. The van der Waals surface area contributed by atoms with Crippen LogP contribution in [0.2, 0.25) is 0 Å². The molecule has 4 N–H and O–H groups in total. The van der Waals surface area contributed by atoms with Crippen molar-refractivity contribution in [1.82, 2.24) is 5.32 Å². The third-order valence-electron chi connectivity index (χ3n) is 3.60. The van der Waals surface area contributed by atoms with Gasteiger partial charge in [0.2, 0.25) is 0 Å². The quantitative estimate of drug-likeness (QED) is 0.715. The zero-order valence-corrected chi connectivity index (χ0v) is 10.8. The minimum absolute atomic E-state index is 0.0843. The molecule has 0 aromatic heterocycles. The minimum Gasteiger partial charge on any atom is -0.397 e. The SMILES string of the molecule is CNC(=O)c1ccc(N)c(NCC2CCCC2)c1. The van der Waals surface area contributed by atoms with Crippen molar-refractivity contribution in [1.29, 1.82) is 0 Å². The number of hydrogen-bond acceptors (Lipinski definition) is 3. The Bertz CT molecular complexity index is 425. The third-order valence-corrected chi connectivity index (χ3v) is 3.60. The molecule has 4 nitrogen and oxygen atoms in total. The van der Waals surface area contributed by atoms with Crippen molar-refractivity contribution in [3.8, 4) is 0 Å². The zero-order chi connectivity index (χ0) is 13.0. The molecule has 2 rings (SSSR count). The molecule has 0 unspecified atom stereocenters. The number of hydrogen-bond donors (Lipinski definition) is 3. The van der Waals surface area contributed by atoms with E-state index in [1.54, 1.807) is 19.2 Å². The number of nitrogens with two attached hydrogens (primary N) is 1. The molecule has 1 aliphatic rings. The van der Waals surface area contributed by atoms with Crippen LogP contribution in [0, 0.1) is 5.92 Å². The predicted octanol–water partition coefficient (Wildman–Crippen LogP) is 2.23. The zero-order valence-electron chi connectivity index (χ0n) is 10.8. The van der Waals surface area contributed by atoms with Crippen LogP contribution in [-0.2, 0) is 0 Å². The molecular weight excluding hydrogens is 226 g/mol. The van der Waals surface area contributed by atoms with E-state index in [1.807, 2.05) is 6.07 Å². The number of benzene rings is 1. The Labute approximate surface area is 108 Å². The molecule has 0 spiro atoms. The lowest BCUT2D eigenvalue weighted by atomic mass is 10.1. The summed E-state index contributed by atoms with van der Waals surface area (Å²) in [4.78, 5) is 11.6. The molecule has 0 radical (unpaired) electrons. The van der Waals surface area contributed by atoms with E-state index in [1.165, 1.54) is 25.7 Å². The van der Waals surface area contributed by atoms with Gasteiger partial charge in [0.1, 0.15) is 0 Å². The van der Waals surface area contributed by atoms with E-state index in [4.69, 9.17) is 5.73 Å². The lowest BCUT2D eigenvalue weighted by Crippen LogP contribution is -2.18. The number of carbonyl (C=O) groups excluding carboxylic acids is 1. The lowest BCUT2D eigenvalue weighted by Gasteiger charge is -2.14. The number of amides is 1. The van der Waals surface area contributed by atoms with E-state index < -0.39 is 0 Å². The van der Waals surface area contributed by atoms with Gasteiger partial charge in [-0.15, -0.1) is 0 Å². The summed E-state index contributed by atoms with van der Waals surface area (Å²) < 4.78 is 0. The Balaban J connectivity index is 2.03. The Morgan fingerprint density at radius 3 is 2.78 bits per heavy atom. The minimum atomic E-state index is -0.0843. The van der Waals surface area contributed by atoms with Crippen molar-refractivity contribution in [2.45, 2.75) is 25.7 Å². The Hall–Kier alpha value is -1.71. The van der Waals surface area contributed by atoms with Crippen molar-refractivity contribution in [2.75, 3.05) is 24.6 Å². The van der Waals surface area contributed by atoms with Crippen molar-refractivity contribution in [3.05, 3.63) is 23.8 Å². The predicted molar refractivity (Wildman–Crippen MR) is 74.7 cm³/mol. The number of rotatable bonds is 4. The van der Waals surface area contributed by atoms with Gasteiger partial charge < -0.3 is 16.4 Å². The average Bonchev–Trinajstić information content (AvgIpc) is 2.90. The molecular formula is C14H21N3O. The van der Waals surface area contributed by atoms with Gasteiger partial charge in [0.05, 0.1) is 11.4 Å². The number of anilines is 2. The first-order valence-corrected chi connectivity index (χ1v) is 6.56. The second kappa shape index (κ2) is 5.76. The number of carbonyl (C=O) groups is 1. The first-order chi connectivity index (χ1) is 8.70. The van der Waals surface area contributed by atoms with Crippen LogP contribution in [0.25, 0.3) is 0 Å². The highest BCUT2D eigenvalue weighted by molar-refractivity contribution is 5.96. The van der Waals surface area contributed by atoms with E-state index in [2.05, 4.69) is 10.6 Å². The Morgan fingerprint density at radius 1 is 1.39 bits per heavy atom. The van der Waals surface area contributed by atoms with Crippen LogP contribution in [-0.4, -0.2) is 19.5 Å². The average molecular weight is 247 g/mol. The Morgan fingerprint density at radius 2 is 2.11 bits per heavy atom. The first-order valence-electron chi connectivity index (χ1n) is 6.56. The standard InChI is InChI=1S/C14H21N3O/c1-16-14(18)11-6-7-12(15)13(8-11)17-9-10-4-2-3-5-10/h6-8,10,17H,2-5,9,15H2,1H3,(H,16,18). The summed E-state index contributed by atoms with van der Waals surface area (Å²) in [5, 5.41) is 5.99. The smallest absolute Gasteiger partial charge is 0.251 e. The van der Waals surface area contributed by atoms with E-state index in [0.29, 0.717) is 11.3 Å². The molecule has 98 valence electrons. The van der Waals surface area contributed by atoms with Gasteiger partial charge >= 0.3 is 0 Å². The maximum atomic E-state index is 11.6. The largest absolute Gasteiger partial charge is 0.397 e. The van der Waals surface area contributed by atoms with Gasteiger partial charge in [-0.3, -0.25) is 4.79 Å². The van der Waals surface area contributed by atoms with Crippen LogP contribution >= 0.6 is 0 Å². The molecule has 1 aromatic carbocycles. The summed E-state index contributed by atoms with van der Waals surface area (Å²) >= 11 is 0. The van der Waals surface area contributed by atoms with Crippen molar-refractivity contribution >= 4 is 17.3 Å². The molecule has 1 fully saturated rings. The fourth-order valence-corrected chi connectivity index (χ4v) is 2.46. The fourth-order valence-electron chi connectivity index (χ4n) is 2.46. The summed E-state index contributed by atoms with van der Waals surface area (Å²) in [6.07, 6.45) is 5.25. The van der Waals surface area contributed by atoms with E-state index in [-0.39, 0.29) is 5.91 Å². The number of nitrogens with one attached hydrogen (secondary N) is 2. The topological polar surface area (TPSA) is 67.2 Å². The highest BCUT2D eigenvalue weighted by atomic mass is 16.1. The van der Waals surface area contributed by atoms with E-state index >= 15 is 0 Å². The highest BCUT2D eigenvalue weighted by Gasteiger charge is 2.15. The van der Waals surface area contributed by atoms with Crippen LogP contribution in [0.4, 0.5) is 11.4 Å². The van der Waals surface area contributed by atoms with Crippen LogP contribution in [0.5, 0.6) is 0 Å². The van der Waals surface area contributed by atoms with Gasteiger partial charge in [0, 0.05) is 19.2 Å². The molecule has 4 heteroatoms. The van der Waals surface area contributed by atoms with Gasteiger partial charge in [-0.1, -0.05) is 12.8 Å². The fraction of sp³-hybridized carbons (Fsp3) is 0.500. The van der Waals surface area contributed by atoms with Gasteiger partial charge in [-0.25, -0.2) is 0 Å². The molecule has 0 atom stereocenters. The molecule has 0 aliphatic heterocycles. The summed E-state index contributed by atoms with van der Waals surface area (Å²) in [6, 6.07) is 5.35. The van der Waals surface area contributed by atoms with Crippen LogP contribution in [0.3, 0.4) is 0 Å². The van der Waals surface area contributed by atoms with Crippen LogP contribution in [0.1, 0.15) is 36.0 Å². The molecule has 0 bridgehead atoms. The second-order valence-corrected chi connectivity index (χ2v) is 4.91. The van der Waals surface area contributed by atoms with E-state index in [9.17, 15) is 4.79 Å². The van der Waals surface area contributed by atoms with Crippen molar-refractivity contribution in [3.63, 3.8) is 0 Å². The maximum Gasteiger partial charge on any atom is 0.251 e. The first kappa shape index (κ1) is 12.7. The maximum absolute atomic E-state index is 11.6. The molecule has 0 saturated heterocycles.